The van der Waals surface area contributed by atoms with Crippen LogP contribution < -0.4 is 10.1 Å². The van der Waals surface area contributed by atoms with E-state index in [0.717, 1.165) is 30.6 Å². The highest BCUT2D eigenvalue weighted by molar-refractivity contribution is 5.99. The first-order chi connectivity index (χ1) is 13.8. The Balaban J connectivity index is 1.56. The Morgan fingerprint density at radius 2 is 1.96 bits per heavy atom. The van der Waals surface area contributed by atoms with Gasteiger partial charge in [-0.1, -0.05) is 31.0 Å². The van der Waals surface area contributed by atoms with Crippen molar-refractivity contribution in [2.24, 2.45) is 0 Å². The maximum absolute atomic E-state index is 12.8. The highest BCUT2D eigenvalue weighted by Crippen LogP contribution is 2.22. The quantitative estimate of drug-likeness (QED) is 0.735. The van der Waals surface area contributed by atoms with Crippen LogP contribution in [0, 0.1) is 0 Å². The molecule has 1 aliphatic rings. The maximum Gasteiger partial charge on any atom is 0.257 e. The van der Waals surface area contributed by atoms with Crippen LogP contribution in [0.2, 0.25) is 0 Å². The van der Waals surface area contributed by atoms with Crippen molar-refractivity contribution < 1.29 is 9.53 Å². The van der Waals surface area contributed by atoms with E-state index in [4.69, 9.17) is 4.74 Å². The largest absolute Gasteiger partial charge is 0.494 e. The molecule has 0 saturated carbocycles. The van der Waals surface area contributed by atoms with Crippen LogP contribution in [0.15, 0.2) is 36.7 Å². The summed E-state index contributed by atoms with van der Waals surface area (Å²) < 4.78 is 7.50. The molecule has 1 aromatic carbocycles. The Morgan fingerprint density at radius 1 is 1.14 bits per heavy atom. The summed E-state index contributed by atoms with van der Waals surface area (Å²) in [5.41, 5.74) is 4.55. The van der Waals surface area contributed by atoms with E-state index in [1.807, 2.05) is 41.9 Å². The molecular weight excluding hydrogens is 352 g/mol. The van der Waals surface area contributed by atoms with Gasteiger partial charge in [0.25, 0.3) is 5.91 Å². The average molecular weight is 378 g/mol. The number of ether oxygens (including phenoxy) is 1. The molecule has 0 radical (unpaired) electrons. The monoisotopic (exact) mass is 378 g/mol. The smallest absolute Gasteiger partial charge is 0.257 e. The number of para-hydroxylation sites is 1. The molecule has 1 aliphatic carbocycles. The van der Waals surface area contributed by atoms with Gasteiger partial charge in [-0.05, 0) is 44.2 Å². The molecule has 3 aromatic rings. The first-order valence-electron chi connectivity index (χ1n) is 10.1. The fourth-order valence-electron chi connectivity index (χ4n) is 3.83. The van der Waals surface area contributed by atoms with E-state index in [1.54, 1.807) is 6.20 Å². The van der Waals surface area contributed by atoms with Gasteiger partial charge in [0, 0.05) is 24.0 Å². The van der Waals surface area contributed by atoms with Crippen molar-refractivity contribution in [3.05, 3.63) is 59.0 Å². The summed E-state index contributed by atoms with van der Waals surface area (Å²) in [7, 11) is 0. The molecule has 0 fully saturated rings. The second kappa shape index (κ2) is 8.42. The predicted molar refractivity (Wildman–Crippen MR) is 108 cm³/mol. The Kier molecular flexibility index (Phi) is 5.55. The summed E-state index contributed by atoms with van der Waals surface area (Å²) in [5.74, 6) is 0.629. The molecule has 0 atom stereocenters. The van der Waals surface area contributed by atoms with Gasteiger partial charge in [-0.2, -0.15) is 5.10 Å². The van der Waals surface area contributed by atoms with Gasteiger partial charge < -0.3 is 10.1 Å². The van der Waals surface area contributed by atoms with E-state index >= 15 is 0 Å². The van der Waals surface area contributed by atoms with E-state index in [-0.39, 0.29) is 5.91 Å². The number of hydrogen-bond acceptors (Lipinski definition) is 4. The lowest BCUT2D eigenvalue weighted by atomic mass is 9.98. The Bertz CT molecular complexity index is 980. The van der Waals surface area contributed by atoms with Crippen molar-refractivity contribution in [3.63, 3.8) is 0 Å². The fourth-order valence-corrected chi connectivity index (χ4v) is 3.83. The van der Waals surface area contributed by atoms with E-state index in [0.29, 0.717) is 24.4 Å². The zero-order chi connectivity index (χ0) is 19.3. The number of benzene rings is 1. The lowest BCUT2D eigenvalue weighted by Gasteiger charge is -2.14. The molecule has 146 valence electrons. The summed E-state index contributed by atoms with van der Waals surface area (Å²) in [5, 5.41) is 7.48. The third-order valence-electron chi connectivity index (χ3n) is 5.28. The average Bonchev–Trinajstić information content (AvgIpc) is 3.12. The van der Waals surface area contributed by atoms with Crippen LogP contribution in [0.25, 0.3) is 5.65 Å². The van der Waals surface area contributed by atoms with Gasteiger partial charge in [-0.15, -0.1) is 0 Å². The number of carbonyl (C=O) groups is 1. The lowest BCUT2D eigenvalue weighted by Crippen LogP contribution is -2.23. The fraction of sp³-hybridized carbons (Fsp3) is 0.409. The van der Waals surface area contributed by atoms with Crippen LogP contribution in [0.1, 0.15) is 59.8 Å². The highest BCUT2D eigenvalue weighted by Gasteiger charge is 2.19. The van der Waals surface area contributed by atoms with Crippen molar-refractivity contribution in [3.8, 4) is 5.75 Å². The van der Waals surface area contributed by atoms with Crippen molar-refractivity contribution in [1.82, 2.24) is 19.9 Å². The molecule has 2 aromatic heterocycles. The van der Waals surface area contributed by atoms with Crippen LogP contribution >= 0.6 is 0 Å². The minimum absolute atomic E-state index is 0.167. The predicted octanol–water partition coefficient (Wildman–Crippen LogP) is 3.72. The van der Waals surface area contributed by atoms with Gasteiger partial charge in [0.15, 0.2) is 5.65 Å². The van der Waals surface area contributed by atoms with Gasteiger partial charge in [0.1, 0.15) is 11.3 Å². The number of rotatable bonds is 5. The maximum atomic E-state index is 12.8. The normalized spacial score (nSPS) is 14.2. The van der Waals surface area contributed by atoms with Crippen LogP contribution in [-0.4, -0.2) is 27.1 Å². The van der Waals surface area contributed by atoms with Gasteiger partial charge in [0.2, 0.25) is 0 Å². The van der Waals surface area contributed by atoms with Crippen molar-refractivity contribution in [2.45, 2.75) is 52.0 Å². The van der Waals surface area contributed by atoms with E-state index in [9.17, 15) is 4.79 Å². The molecule has 0 unspecified atom stereocenters. The van der Waals surface area contributed by atoms with Crippen molar-refractivity contribution >= 4 is 11.6 Å². The zero-order valence-corrected chi connectivity index (χ0v) is 16.3. The Hall–Kier alpha value is -2.89. The molecule has 1 N–H and O–H groups in total. The van der Waals surface area contributed by atoms with Crippen molar-refractivity contribution in [1.29, 1.82) is 0 Å². The first-order valence-corrected chi connectivity index (χ1v) is 10.1. The zero-order valence-electron chi connectivity index (χ0n) is 16.3. The molecule has 0 spiro atoms. The number of aryl methyl sites for hydroxylation is 2. The van der Waals surface area contributed by atoms with Gasteiger partial charge in [-0.3, -0.25) is 4.79 Å². The number of aromatic nitrogens is 3. The number of nitrogens with zero attached hydrogens (tertiary/aromatic N) is 3. The standard InChI is InChI=1S/C22H26N4O2/c1-2-28-20-12-8-7-10-17(20)14-24-22(27)18-15-25-26-19-11-6-4-3-5-9-16(19)13-23-21(18)26/h7-8,10,12-13,15H,2-6,9,11,14H2,1H3,(H,24,27). The van der Waals surface area contributed by atoms with Crippen LogP contribution in [0.3, 0.4) is 0 Å². The van der Waals surface area contributed by atoms with Crippen LogP contribution in [-0.2, 0) is 19.4 Å². The number of fused-ring (bicyclic) bond motifs is 3. The summed E-state index contributed by atoms with van der Waals surface area (Å²) >= 11 is 0. The Labute approximate surface area is 164 Å². The molecule has 28 heavy (non-hydrogen) atoms. The number of hydrogen-bond donors (Lipinski definition) is 1. The molecule has 1 amide bonds. The highest BCUT2D eigenvalue weighted by atomic mass is 16.5. The minimum Gasteiger partial charge on any atom is -0.494 e. The molecular formula is C22H26N4O2. The van der Waals surface area contributed by atoms with Crippen LogP contribution in [0.4, 0.5) is 0 Å². The molecule has 4 rings (SSSR count). The molecule has 0 aliphatic heterocycles. The third-order valence-corrected chi connectivity index (χ3v) is 5.28. The SMILES string of the molecule is CCOc1ccccc1CNC(=O)c1cnn2c3c(cnc12)CCCCCC3. The van der Waals surface area contributed by atoms with Gasteiger partial charge >= 0.3 is 0 Å². The summed E-state index contributed by atoms with van der Waals surface area (Å²) in [6.45, 7) is 2.94. The number of amides is 1. The van der Waals surface area contributed by atoms with Gasteiger partial charge in [-0.25, -0.2) is 9.50 Å². The molecule has 0 saturated heterocycles. The summed E-state index contributed by atoms with van der Waals surface area (Å²) in [6.07, 6.45) is 10.4. The second-order valence-electron chi connectivity index (χ2n) is 7.16. The number of carbonyl (C=O) groups excluding carboxylic acids is 1. The van der Waals surface area contributed by atoms with Crippen LogP contribution in [0.5, 0.6) is 5.75 Å². The summed E-state index contributed by atoms with van der Waals surface area (Å²) in [6, 6.07) is 7.75. The van der Waals surface area contributed by atoms with E-state index < -0.39 is 0 Å². The topological polar surface area (TPSA) is 68.5 Å². The Morgan fingerprint density at radius 3 is 2.82 bits per heavy atom. The van der Waals surface area contributed by atoms with E-state index in [1.165, 1.54) is 30.5 Å². The molecule has 2 heterocycles. The second-order valence-corrected chi connectivity index (χ2v) is 7.16. The molecule has 6 heteroatoms. The third kappa shape index (κ3) is 3.72. The lowest BCUT2D eigenvalue weighted by molar-refractivity contribution is 0.0952. The van der Waals surface area contributed by atoms with Gasteiger partial charge in [0.05, 0.1) is 12.8 Å². The summed E-state index contributed by atoms with van der Waals surface area (Å²) in [4.78, 5) is 17.4. The number of nitrogens with one attached hydrogen (secondary N) is 1. The first kappa shape index (κ1) is 18.5. The van der Waals surface area contributed by atoms with Crippen molar-refractivity contribution in [2.75, 3.05) is 6.61 Å². The van der Waals surface area contributed by atoms with E-state index in [2.05, 4.69) is 15.4 Å². The molecule has 0 bridgehead atoms. The minimum atomic E-state index is -0.167. The molecule has 6 nitrogen and oxygen atoms in total.